The lowest BCUT2D eigenvalue weighted by atomic mass is 9.95. The molecule has 1 atom stereocenters. The number of Topliss-reactive ketones (excluding diaryl/α,β-unsaturated/α-hetero) is 1. The second-order valence-corrected chi connectivity index (χ2v) is 8.96. The van der Waals surface area contributed by atoms with E-state index in [-0.39, 0.29) is 24.0 Å². The molecule has 0 saturated carbocycles. The fraction of sp³-hybridized carbons (Fsp3) is 0.214. The predicted molar refractivity (Wildman–Crippen MR) is 134 cm³/mol. The standard InChI is InChI=1S/C28H26ClNO5/c1-17(2)35-22-13-9-19(10-14-22)25-24(26(31)20-7-11-21(29)12-8-20)27(32)28(33)30(25)16-18-5-4-6-23(15-18)34-3/h4-15,17,25,31H,16H2,1-3H3/b26-24-. The van der Waals surface area contributed by atoms with Gasteiger partial charge in [-0.25, -0.2) is 0 Å². The molecular formula is C28H26ClNO5. The number of benzene rings is 3. The SMILES string of the molecule is COc1cccc(CN2C(=O)C(=O)/C(=C(\O)c3ccc(Cl)cc3)C2c2ccc(OC(C)C)cc2)c1. The van der Waals surface area contributed by atoms with Crippen molar-refractivity contribution in [2.45, 2.75) is 32.5 Å². The van der Waals surface area contributed by atoms with Crippen molar-refractivity contribution >= 4 is 29.1 Å². The Morgan fingerprint density at radius 1 is 1.00 bits per heavy atom. The summed E-state index contributed by atoms with van der Waals surface area (Å²) in [7, 11) is 1.57. The first kappa shape index (κ1) is 24.4. The summed E-state index contributed by atoms with van der Waals surface area (Å²) in [5, 5.41) is 11.7. The van der Waals surface area contributed by atoms with Gasteiger partial charge in [0.25, 0.3) is 11.7 Å². The Labute approximate surface area is 209 Å². The quantitative estimate of drug-likeness (QED) is 0.258. The number of amides is 1. The molecular weight excluding hydrogens is 466 g/mol. The molecule has 1 N–H and O–H groups in total. The molecule has 0 aliphatic carbocycles. The van der Waals surface area contributed by atoms with Crippen molar-refractivity contribution in [1.29, 1.82) is 0 Å². The third-order valence-electron chi connectivity index (χ3n) is 5.71. The zero-order valence-electron chi connectivity index (χ0n) is 19.7. The van der Waals surface area contributed by atoms with Crippen molar-refractivity contribution in [2.24, 2.45) is 0 Å². The van der Waals surface area contributed by atoms with E-state index in [1.165, 1.54) is 4.90 Å². The lowest BCUT2D eigenvalue weighted by Crippen LogP contribution is -2.29. The highest BCUT2D eigenvalue weighted by molar-refractivity contribution is 6.46. The van der Waals surface area contributed by atoms with Crippen molar-refractivity contribution in [3.05, 3.63) is 100 Å². The van der Waals surface area contributed by atoms with Gasteiger partial charge in [0, 0.05) is 17.1 Å². The van der Waals surface area contributed by atoms with Crippen LogP contribution in [0.25, 0.3) is 5.76 Å². The zero-order chi connectivity index (χ0) is 25.1. The van der Waals surface area contributed by atoms with Gasteiger partial charge in [-0.2, -0.15) is 0 Å². The van der Waals surface area contributed by atoms with Crippen LogP contribution in [0.15, 0.2) is 78.4 Å². The topological polar surface area (TPSA) is 76.1 Å². The second-order valence-electron chi connectivity index (χ2n) is 8.52. The molecule has 1 aliphatic heterocycles. The molecule has 180 valence electrons. The van der Waals surface area contributed by atoms with Gasteiger partial charge in [-0.05, 0) is 73.5 Å². The number of rotatable bonds is 7. The van der Waals surface area contributed by atoms with Crippen LogP contribution >= 0.6 is 11.6 Å². The van der Waals surface area contributed by atoms with Crippen molar-refractivity contribution in [3.63, 3.8) is 0 Å². The van der Waals surface area contributed by atoms with E-state index >= 15 is 0 Å². The minimum Gasteiger partial charge on any atom is -0.507 e. The first-order valence-corrected chi connectivity index (χ1v) is 11.6. The fourth-order valence-corrected chi connectivity index (χ4v) is 4.25. The number of ether oxygens (including phenoxy) is 2. The van der Waals surface area contributed by atoms with Gasteiger partial charge in [0.1, 0.15) is 17.3 Å². The average Bonchev–Trinajstić information content (AvgIpc) is 3.09. The Morgan fingerprint density at radius 3 is 2.31 bits per heavy atom. The van der Waals surface area contributed by atoms with Gasteiger partial charge in [-0.1, -0.05) is 35.9 Å². The molecule has 1 saturated heterocycles. The number of aliphatic hydroxyl groups is 1. The molecule has 3 aromatic rings. The van der Waals surface area contributed by atoms with Crippen LogP contribution in [0.2, 0.25) is 5.02 Å². The van der Waals surface area contributed by atoms with E-state index in [9.17, 15) is 14.7 Å². The first-order valence-electron chi connectivity index (χ1n) is 11.2. The number of hydrogen-bond donors (Lipinski definition) is 1. The molecule has 1 amide bonds. The van der Waals surface area contributed by atoms with Gasteiger partial charge in [-0.3, -0.25) is 9.59 Å². The molecule has 1 unspecified atom stereocenters. The third-order valence-corrected chi connectivity index (χ3v) is 5.96. The molecule has 0 aromatic heterocycles. The van der Waals surface area contributed by atoms with Crippen molar-refractivity contribution < 1.29 is 24.2 Å². The van der Waals surface area contributed by atoms with Crippen LogP contribution in [0.4, 0.5) is 0 Å². The normalized spacial score (nSPS) is 17.2. The molecule has 4 rings (SSSR count). The van der Waals surface area contributed by atoms with Crippen LogP contribution < -0.4 is 9.47 Å². The van der Waals surface area contributed by atoms with E-state index in [0.717, 1.165) is 5.56 Å². The maximum absolute atomic E-state index is 13.2. The third kappa shape index (κ3) is 5.17. The zero-order valence-corrected chi connectivity index (χ0v) is 20.5. The van der Waals surface area contributed by atoms with Crippen LogP contribution in [0.1, 0.15) is 36.6 Å². The number of ketones is 1. The maximum Gasteiger partial charge on any atom is 0.295 e. The molecule has 0 bridgehead atoms. The highest BCUT2D eigenvalue weighted by Crippen LogP contribution is 2.41. The number of carbonyl (C=O) groups excluding carboxylic acids is 2. The van der Waals surface area contributed by atoms with Gasteiger partial charge < -0.3 is 19.5 Å². The Kier molecular flexibility index (Phi) is 7.12. The summed E-state index contributed by atoms with van der Waals surface area (Å²) in [5.74, 6) is -0.359. The second kappa shape index (κ2) is 10.2. The Hall–Kier alpha value is -3.77. The van der Waals surface area contributed by atoms with Crippen LogP contribution in [0.3, 0.4) is 0 Å². The predicted octanol–water partition coefficient (Wildman–Crippen LogP) is 5.76. The van der Waals surface area contributed by atoms with E-state index in [0.29, 0.717) is 27.6 Å². The highest BCUT2D eigenvalue weighted by atomic mass is 35.5. The Bertz CT molecular complexity index is 1270. The summed E-state index contributed by atoms with van der Waals surface area (Å²) in [4.78, 5) is 27.9. The van der Waals surface area contributed by atoms with Crippen molar-refractivity contribution in [2.75, 3.05) is 7.11 Å². The lowest BCUT2D eigenvalue weighted by Gasteiger charge is -2.26. The Morgan fingerprint density at radius 2 is 1.69 bits per heavy atom. The largest absolute Gasteiger partial charge is 0.507 e. The molecule has 6 nitrogen and oxygen atoms in total. The van der Waals surface area contributed by atoms with Crippen LogP contribution in [-0.4, -0.2) is 34.9 Å². The number of halogens is 1. The molecule has 35 heavy (non-hydrogen) atoms. The van der Waals surface area contributed by atoms with Gasteiger partial charge in [-0.15, -0.1) is 0 Å². The van der Waals surface area contributed by atoms with Gasteiger partial charge in [0.2, 0.25) is 0 Å². The molecule has 1 fully saturated rings. The smallest absolute Gasteiger partial charge is 0.295 e. The monoisotopic (exact) mass is 491 g/mol. The number of carbonyl (C=O) groups is 2. The van der Waals surface area contributed by atoms with Crippen LogP contribution in [0.5, 0.6) is 11.5 Å². The summed E-state index contributed by atoms with van der Waals surface area (Å²) in [6.45, 7) is 4.03. The van der Waals surface area contributed by atoms with Gasteiger partial charge >= 0.3 is 0 Å². The number of methoxy groups -OCH3 is 1. The number of likely N-dealkylation sites (tertiary alicyclic amines) is 1. The van der Waals surface area contributed by atoms with E-state index < -0.39 is 17.7 Å². The summed E-state index contributed by atoms with van der Waals surface area (Å²) in [5.41, 5.74) is 1.90. The van der Waals surface area contributed by atoms with Gasteiger partial charge in [0.15, 0.2) is 0 Å². The average molecular weight is 492 g/mol. The van der Waals surface area contributed by atoms with E-state index in [1.807, 2.05) is 50.2 Å². The number of hydrogen-bond acceptors (Lipinski definition) is 5. The first-order chi connectivity index (χ1) is 16.8. The maximum atomic E-state index is 13.2. The van der Waals surface area contributed by atoms with E-state index in [1.54, 1.807) is 43.5 Å². The number of nitrogens with zero attached hydrogens (tertiary/aromatic N) is 1. The minimum absolute atomic E-state index is 0.00412. The minimum atomic E-state index is -0.787. The Balaban J connectivity index is 1.81. The van der Waals surface area contributed by atoms with Crippen LogP contribution in [0, 0.1) is 0 Å². The summed E-state index contributed by atoms with van der Waals surface area (Å²) in [6.07, 6.45) is 0.00412. The summed E-state index contributed by atoms with van der Waals surface area (Å²) < 4.78 is 11.0. The molecule has 0 radical (unpaired) electrons. The molecule has 0 spiro atoms. The molecule has 3 aromatic carbocycles. The van der Waals surface area contributed by atoms with E-state index in [2.05, 4.69) is 0 Å². The number of aliphatic hydroxyl groups excluding tert-OH is 1. The lowest BCUT2D eigenvalue weighted by molar-refractivity contribution is -0.140. The summed E-state index contributed by atoms with van der Waals surface area (Å²) >= 11 is 5.99. The fourth-order valence-electron chi connectivity index (χ4n) is 4.12. The van der Waals surface area contributed by atoms with Crippen molar-refractivity contribution in [3.8, 4) is 11.5 Å². The molecule has 1 aliphatic rings. The molecule has 7 heteroatoms. The molecule has 1 heterocycles. The highest BCUT2D eigenvalue weighted by Gasteiger charge is 2.46. The summed E-state index contributed by atoms with van der Waals surface area (Å²) in [6, 6.07) is 20.2. The van der Waals surface area contributed by atoms with Crippen molar-refractivity contribution in [1.82, 2.24) is 4.90 Å². The van der Waals surface area contributed by atoms with Crippen LogP contribution in [-0.2, 0) is 16.1 Å². The van der Waals surface area contributed by atoms with E-state index in [4.69, 9.17) is 21.1 Å². The van der Waals surface area contributed by atoms with Gasteiger partial charge in [0.05, 0.1) is 24.8 Å².